The normalized spacial score (nSPS) is 16.9. The Morgan fingerprint density at radius 2 is 2.07 bits per heavy atom. The van der Waals surface area contributed by atoms with E-state index in [2.05, 4.69) is 5.32 Å². The van der Waals surface area contributed by atoms with Gasteiger partial charge in [-0.1, -0.05) is 30.3 Å². The number of carbonyl (C=O) groups is 2. The van der Waals surface area contributed by atoms with Crippen LogP contribution in [0.25, 0.3) is 11.1 Å². The first-order valence-electron chi connectivity index (χ1n) is 9.03. The van der Waals surface area contributed by atoms with Crippen molar-refractivity contribution in [3.05, 3.63) is 53.8 Å². The molecule has 6 heteroatoms. The molecule has 0 spiro atoms. The third kappa shape index (κ3) is 4.92. The molecule has 5 nitrogen and oxygen atoms in total. The number of hydrogen-bond acceptors (Lipinski definition) is 4. The highest BCUT2D eigenvalue weighted by Gasteiger charge is 2.22. The monoisotopic (exact) mass is 371 g/mol. The fourth-order valence-corrected chi connectivity index (χ4v) is 3.26. The van der Waals surface area contributed by atoms with E-state index >= 15 is 0 Å². The zero-order valence-corrected chi connectivity index (χ0v) is 14.9. The van der Waals surface area contributed by atoms with Gasteiger partial charge < -0.3 is 15.2 Å². The van der Waals surface area contributed by atoms with E-state index in [1.54, 1.807) is 12.1 Å². The first kappa shape index (κ1) is 19.0. The van der Waals surface area contributed by atoms with Crippen molar-refractivity contribution >= 4 is 11.8 Å². The molecule has 1 unspecified atom stereocenters. The van der Waals surface area contributed by atoms with E-state index in [4.69, 9.17) is 9.84 Å². The molecule has 0 saturated carbocycles. The van der Waals surface area contributed by atoms with Gasteiger partial charge in [0.2, 0.25) is 0 Å². The number of nitrogens with one attached hydrogen (secondary N) is 1. The number of piperidine rings is 1. The summed E-state index contributed by atoms with van der Waals surface area (Å²) in [5, 5.41) is 12.0. The van der Waals surface area contributed by atoms with Crippen molar-refractivity contribution in [1.82, 2.24) is 5.32 Å². The Morgan fingerprint density at radius 1 is 1.26 bits per heavy atom. The second-order valence-corrected chi connectivity index (χ2v) is 6.59. The molecule has 0 aliphatic carbocycles. The molecule has 2 aromatic rings. The lowest BCUT2D eigenvalue weighted by molar-refractivity contribution is -0.137. The summed E-state index contributed by atoms with van der Waals surface area (Å²) < 4.78 is 20.0. The fraction of sp³-hybridized carbons (Fsp3) is 0.333. The van der Waals surface area contributed by atoms with Crippen LogP contribution in [0.5, 0.6) is 5.75 Å². The van der Waals surface area contributed by atoms with E-state index < -0.39 is 11.8 Å². The Hall–Kier alpha value is -2.73. The van der Waals surface area contributed by atoms with Crippen molar-refractivity contribution in [3.63, 3.8) is 0 Å². The Bertz CT molecular complexity index is 837. The molecule has 0 amide bonds. The Labute approximate surface area is 157 Å². The van der Waals surface area contributed by atoms with Crippen LogP contribution >= 0.6 is 0 Å². The minimum Gasteiger partial charge on any atom is -0.492 e. The fourth-order valence-electron chi connectivity index (χ4n) is 3.26. The average Bonchev–Trinajstić information content (AvgIpc) is 2.64. The van der Waals surface area contributed by atoms with E-state index in [-0.39, 0.29) is 24.9 Å². The summed E-state index contributed by atoms with van der Waals surface area (Å²) in [6.45, 7) is 0.789. The predicted molar refractivity (Wildman–Crippen MR) is 99.3 cm³/mol. The van der Waals surface area contributed by atoms with Crippen molar-refractivity contribution in [1.29, 1.82) is 0 Å². The predicted octanol–water partition coefficient (Wildman–Crippen LogP) is 3.21. The smallest absolute Gasteiger partial charge is 0.306 e. The number of rotatable bonds is 7. The molecule has 1 heterocycles. The van der Waals surface area contributed by atoms with E-state index in [0.717, 1.165) is 18.5 Å². The van der Waals surface area contributed by atoms with Gasteiger partial charge in [0.1, 0.15) is 17.3 Å². The number of ketones is 1. The third-order valence-corrected chi connectivity index (χ3v) is 4.58. The molecule has 2 N–H and O–H groups in total. The number of carboxylic acid groups (broad SMARTS) is 1. The van der Waals surface area contributed by atoms with Crippen LogP contribution in [0.4, 0.5) is 4.39 Å². The Balaban J connectivity index is 1.83. The molecule has 1 fully saturated rings. The van der Waals surface area contributed by atoms with E-state index in [9.17, 15) is 14.0 Å². The first-order valence-corrected chi connectivity index (χ1v) is 9.03. The van der Waals surface area contributed by atoms with Crippen LogP contribution < -0.4 is 10.1 Å². The first-order chi connectivity index (χ1) is 13.0. The van der Waals surface area contributed by atoms with Crippen LogP contribution in [0.2, 0.25) is 0 Å². The number of aliphatic carboxylic acids is 1. The minimum atomic E-state index is -0.973. The zero-order chi connectivity index (χ0) is 19.2. The molecule has 142 valence electrons. The minimum absolute atomic E-state index is 0.0357. The number of hydrogen-bond donors (Lipinski definition) is 2. The summed E-state index contributed by atoms with van der Waals surface area (Å²) in [5.74, 6) is -0.901. The van der Waals surface area contributed by atoms with Gasteiger partial charge in [0.15, 0.2) is 0 Å². The van der Waals surface area contributed by atoms with Crippen LogP contribution in [0.1, 0.15) is 24.8 Å². The lowest BCUT2D eigenvalue weighted by atomic mass is 9.94. The van der Waals surface area contributed by atoms with Gasteiger partial charge in [0.05, 0.1) is 24.6 Å². The van der Waals surface area contributed by atoms with Gasteiger partial charge in [0.25, 0.3) is 0 Å². The molecule has 0 radical (unpaired) electrons. The Morgan fingerprint density at radius 3 is 2.85 bits per heavy atom. The Kier molecular flexibility index (Phi) is 6.19. The standard InChI is InChI=1S/C21H22FNO4/c22-16-6-2-8-19(27-11-9-20(25)26)21(16)15-5-1-4-14(12-15)13-17-18(24)7-3-10-23-17/h1-2,4-6,8,12,17,23H,3,7,9-11,13H2,(H,25,26). The van der Waals surface area contributed by atoms with E-state index in [1.807, 2.05) is 18.2 Å². The number of Topliss-reactive ketones (excluding diaryl/α,β-unsaturated/α-hetero) is 1. The van der Waals surface area contributed by atoms with Crippen molar-refractivity contribution < 1.29 is 23.8 Å². The quantitative estimate of drug-likeness (QED) is 0.782. The molecule has 3 rings (SSSR count). The van der Waals surface area contributed by atoms with Crippen LogP contribution in [0.3, 0.4) is 0 Å². The summed E-state index contributed by atoms with van der Waals surface area (Å²) in [4.78, 5) is 22.7. The van der Waals surface area contributed by atoms with Gasteiger partial charge in [-0.25, -0.2) is 4.39 Å². The lowest BCUT2D eigenvalue weighted by Crippen LogP contribution is -2.43. The van der Waals surface area contributed by atoms with Gasteiger partial charge in [-0.3, -0.25) is 9.59 Å². The third-order valence-electron chi connectivity index (χ3n) is 4.58. The molecule has 1 aliphatic heterocycles. The van der Waals surface area contributed by atoms with Crippen molar-refractivity contribution in [2.45, 2.75) is 31.7 Å². The molecular formula is C21H22FNO4. The molecular weight excluding hydrogens is 349 g/mol. The molecule has 2 aromatic carbocycles. The maximum absolute atomic E-state index is 14.5. The maximum Gasteiger partial charge on any atom is 0.306 e. The molecule has 0 aromatic heterocycles. The zero-order valence-electron chi connectivity index (χ0n) is 14.9. The van der Waals surface area contributed by atoms with Crippen molar-refractivity contribution in [2.24, 2.45) is 0 Å². The van der Waals surface area contributed by atoms with Crippen LogP contribution in [0, 0.1) is 5.82 Å². The van der Waals surface area contributed by atoms with Crippen LogP contribution in [-0.2, 0) is 16.0 Å². The van der Waals surface area contributed by atoms with E-state index in [1.165, 1.54) is 12.1 Å². The summed E-state index contributed by atoms with van der Waals surface area (Å²) in [6, 6.07) is 11.7. The molecule has 1 aliphatic rings. The van der Waals surface area contributed by atoms with Gasteiger partial charge in [0, 0.05) is 6.42 Å². The van der Waals surface area contributed by atoms with E-state index in [0.29, 0.717) is 29.7 Å². The summed E-state index contributed by atoms with van der Waals surface area (Å²) in [6.07, 6.45) is 1.84. The van der Waals surface area contributed by atoms with Gasteiger partial charge in [-0.05, 0) is 42.6 Å². The number of halogens is 1. The van der Waals surface area contributed by atoms with Crippen LogP contribution in [-0.4, -0.2) is 36.1 Å². The lowest BCUT2D eigenvalue weighted by Gasteiger charge is -2.22. The van der Waals surface area contributed by atoms with Gasteiger partial charge in [-0.15, -0.1) is 0 Å². The van der Waals surface area contributed by atoms with Crippen molar-refractivity contribution in [2.75, 3.05) is 13.2 Å². The maximum atomic E-state index is 14.5. The highest BCUT2D eigenvalue weighted by Crippen LogP contribution is 2.33. The highest BCUT2D eigenvalue weighted by molar-refractivity contribution is 5.85. The number of benzene rings is 2. The summed E-state index contributed by atoms with van der Waals surface area (Å²) in [5.41, 5.74) is 1.87. The average molecular weight is 371 g/mol. The summed E-state index contributed by atoms with van der Waals surface area (Å²) in [7, 11) is 0. The largest absolute Gasteiger partial charge is 0.492 e. The number of ether oxygens (including phenoxy) is 1. The molecule has 27 heavy (non-hydrogen) atoms. The van der Waals surface area contributed by atoms with Crippen molar-refractivity contribution in [3.8, 4) is 16.9 Å². The SMILES string of the molecule is O=C(O)CCOc1cccc(F)c1-c1cccc(CC2NCCCC2=O)c1. The molecule has 1 saturated heterocycles. The highest BCUT2D eigenvalue weighted by atomic mass is 19.1. The second-order valence-electron chi connectivity index (χ2n) is 6.59. The second kappa shape index (κ2) is 8.77. The van der Waals surface area contributed by atoms with Gasteiger partial charge >= 0.3 is 5.97 Å². The number of carbonyl (C=O) groups excluding carboxylic acids is 1. The summed E-state index contributed by atoms with van der Waals surface area (Å²) >= 11 is 0. The van der Waals surface area contributed by atoms with Gasteiger partial charge in [-0.2, -0.15) is 0 Å². The number of carboxylic acids is 1. The topological polar surface area (TPSA) is 75.6 Å². The molecule has 0 bridgehead atoms. The molecule has 1 atom stereocenters. The van der Waals surface area contributed by atoms with Crippen LogP contribution in [0.15, 0.2) is 42.5 Å².